The first-order valence-electron chi connectivity index (χ1n) is 3.95. The highest BCUT2D eigenvalue weighted by molar-refractivity contribution is 5.92. The van der Waals surface area contributed by atoms with Gasteiger partial charge in [-0.15, -0.1) is 0 Å². The van der Waals surface area contributed by atoms with Gasteiger partial charge in [0, 0.05) is 13.1 Å². The average molecular weight is 215 g/mol. The number of hydrogen-bond acceptors (Lipinski definition) is 4. The Labute approximate surface area is 86.9 Å². The van der Waals surface area contributed by atoms with E-state index in [-0.39, 0.29) is 18.7 Å². The Hall–Kier alpha value is -1.98. The number of rotatable bonds is 5. The molecule has 0 aromatic heterocycles. The Kier molecular flexibility index (Phi) is 10.4. The van der Waals surface area contributed by atoms with Gasteiger partial charge in [-0.25, -0.2) is 0 Å². The molecule has 0 atom stereocenters. The predicted molar refractivity (Wildman–Crippen MR) is 54.1 cm³/mol. The Morgan fingerprint density at radius 3 is 2.13 bits per heavy atom. The SMILES string of the molecule is C=CC(=O)CN=CCC(=O)O.CC(=O)O. The van der Waals surface area contributed by atoms with Crippen molar-refractivity contribution in [2.45, 2.75) is 13.3 Å². The lowest BCUT2D eigenvalue weighted by molar-refractivity contribution is -0.136. The maximum atomic E-state index is 10.5. The van der Waals surface area contributed by atoms with Gasteiger partial charge in [0.1, 0.15) is 6.54 Å². The van der Waals surface area contributed by atoms with E-state index in [2.05, 4.69) is 11.6 Å². The first kappa shape index (κ1) is 15.5. The van der Waals surface area contributed by atoms with Gasteiger partial charge in [-0.3, -0.25) is 19.4 Å². The highest BCUT2D eigenvalue weighted by Crippen LogP contribution is 1.77. The van der Waals surface area contributed by atoms with E-state index >= 15 is 0 Å². The van der Waals surface area contributed by atoms with Gasteiger partial charge in [-0.1, -0.05) is 6.58 Å². The first-order valence-corrected chi connectivity index (χ1v) is 3.95. The van der Waals surface area contributed by atoms with E-state index < -0.39 is 11.9 Å². The third-order valence-electron chi connectivity index (χ3n) is 0.870. The summed E-state index contributed by atoms with van der Waals surface area (Å²) < 4.78 is 0. The second-order valence-corrected chi connectivity index (χ2v) is 2.31. The van der Waals surface area contributed by atoms with Gasteiger partial charge in [0.05, 0.1) is 6.42 Å². The molecule has 0 aliphatic rings. The van der Waals surface area contributed by atoms with Gasteiger partial charge in [0.25, 0.3) is 5.97 Å². The van der Waals surface area contributed by atoms with Crippen molar-refractivity contribution in [3.63, 3.8) is 0 Å². The van der Waals surface area contributed by atoms with Gasteiger partial charge in [-0.05, 0) is 6.08 Å². The lowest BCUT2D eigenvalue weighted by Crippen LogP contribution is -1.99. The molecule has 0 amide bonds. The molecule has 0 bridgehead atoms. The second-order valence-electron chi connectivity index (χ2n) is 2.31. The number of carboxylic acids is 2. The zero-order valence-corrected chi connectivity index (χ0v) is 8.34. The van der Waals surface area contributed by atoms with E-state index in [1.807, 2.05) is 0 Å². The van der Waals surface area contributed by atoms with Crippen LogP contribution in [-0.4, -0.2) is 40.7 Å². The minimum atomic E-state index is -0.959. The summed E-state index contributed by atoms with van der Waals surface area (Å²) in [5.74, 6) is -2.01. The fraction of sp³-hybridized carbons (Fsp3) is 0.333. The summed E-state index contributed by atoms with van der Waals surface area (Å²) in [5.41, 5.74) is 0. The molecule has 0 spiro atoms. The minimum Gasteiger partial charge on any atom is -0.481 e. The zero-order chi connectivity index (χ0) is 12.3. The van der Waals surface area contributed by atoms with Gasteiger partial charge in [0.15, 0.2) is 5.78 Å². The van der Waals surface area contributed by atoms with Gasteiger partial charge in [0.2, 0.25) is 0 Å². The monoisotopic (exact) mass is 215 g/mol. The lowest BCUT2D eigenvalue weighted by atomic mass is 10.4. The molecule has 6 nitrogen and oxygen atoms in total. The molecule has 6 heteroatoms. The van der Waals surface area contributed by atoms with Crippen molar-refractivity contribution in [1.29, 1.82) is 0 Å². The van der Waals surface area contributed by atoms with Crippen LogP contribution in [0.5, 0.6) is 0 Å². The summed E-state index contributed by atoms with van der Waals surface area (Å²) in [7, 11) is 0. The van der Waals surface area contributed by atoms with E-state index in [0.29, 0.717) is 0 Å². The van der Waals surface area contributed by atoms with Crippen LogP contribution >= 0.6 is 0 Å². The van der Waals surface area contributed by atoms with Crippen molar-refractivity contribution in [2.24, 2.45) is 4.99 Å². The van der Waals surface area contributed by atoms with Gasteiger partial charge in [-0.2, -0.15) is 0 Å². The maximum absolute atomic E-state index is 10.5. The average Bonchev–Trinajstić information content (AvgIpc) is 2.10. The van der Waals surface area contributed by atoms with Crippen LogP contribution in [0.15, 0.2) is 17.6 Å². The Morgan fingerprint density at radius 1 is 1.33 bits per heavy atom. The van der Waals surface area contributed by atoms with E-state index in [1.54, 1.807) is 0 Å². The number of carbonyl (C=O) groups is 3. The molecule has 0 unspecified atom stereocenters. The highest BCUT2D eigenvalue weighted by atomic mass is 16.4. The first-order chi connectivity index (χ1) is 6.90. The Balaban J connectivity index is 0. The molecule has 0 aromatic carbocycles. The van der Waals surface area contributed by atoms with Crippen molar-refractivity contribution in [3.05, 3.63) is 12.7 Å². The molecule has 0 rings (SSSR count). The molecule has 2 N–H and O–H groups in total. The molecule has 0 aliphatic carbocycles. The standard InChI is InChI=1S/C7H9NO3.C2H4O2/c1-2-6(9)5-8-4-3-7(10)11;1-2(3)4/h2,4H,1,3,5H2,(H,10,11);1H3,(H,3,4). The summed E-state index contributed by atoms with van der Waals surface area (Å²) in [6.45, 7) is 4.30. The van der Waals surface area contributed by atoms with Crippen LogP contribution in [0, 0.1) is 0 Å². The van der Waals surface area contributed by atoms with Crippen molar-refractivity contribution in [2.75, 3.05) is 6.54 Å². The fourth-order valence-corrected chi connectivity index (χ4v) is 0.362. The number of ketones is 1. The van der Waals surface area contributed by atoms with E-state index in [4.69, 9.17) is 15.0 Å². The molecule has 0 radical (unpaired) electrons. The third kappa shape index (κ3) is 24.5. The third-order valence-corrected chi connectivity index (χ3v) is 0.870. The van der Waals surface area contributed by atoms with Crippen molar-refractivity contribution >= 4 is 23.9 Å². The van der Waals surface area contributed by atoms with Gasteiger partial charge < -0.3 is 10.2 Å². The number of aliphatic imine (C=N–C) groups is 1. The zero-order valence-electron chi connectivity index (χ0n) is 8.34. The molecule has 84 valence electrons. The largest absolute Gasteiger partial charge is 0.481 e. The summed E-state index contributed by atoms with van der Waals surface area (Å²) in [6, 6.07) is 0. The predicted octanol–water partition coefficient (Wildman–Crippen LogP) is 0.378. The lowest BCUT2D eigenvalue weighted by Gasteiger charge is -1.85. The highest BCUT2D eigenvalue weighted by Gasteiger charge is 1.92. The maximum Gasteiger partial charge on any atom is 0.308 e. The molecular weight excluding hydrogens is 202 g/mol. The molecule has 15 heavy (non-hydrogen) atoms. The smallest absolute Gasteiger partial charge is 0.308 e. The number of nitrogens with zero attached hydrogens (tertiary/aromatic N) is 1. The Bertz CT molecular complexity index is 266. The molecule has 0 saturated heterocycles. The fourth-order valence-electron chi connectivity index (χ4n) is 0.362. The van der Waals surface area contributed by atoms with Crippen LogP contribution < -0.4 is 0 Å². The number of aliphatic carboxylic acids is 2. The van der Waals surface area contributed by atoms with Crippen LogP contribution in [0.4, 0.5) is 0 Å². The number of hydrogen-bond donors (Lipinski definition) is 2. The summed E-state index contributed by atoms with van der Waals surface area (Å²) in [4.78, 5) is 33.0. The molecular formula is C9H13NO5. The van der Waals surface area contributed by atoms with Crippen molar-refractivity contribution < 1.29 is 24.6 Å². The number of carbonyl (C=O) groups excluding carboxylic acids is 1. The van der Waals surface area contributed by atoms with Crippen LogP contribution in [0.1, 0.15) is 13.3 Å². The molecule has 0 aromatic rings. The van der Waals surface area contributed by atoms with Gasteiger partial charge >= 0.3 is 5.97 Å². The van der Waals surface area contributed by atoms with E-state index in [0.717, 1.165) is 13.0 Å². The van der Waals surface area contributed by atoms with E-state index in [9.17, 15) is 9.59 Å². The molecule has 0 heterocycles. The minimum absolute atomic E-state index is 0.0171. The molecule has 0 fully saturated rings. The summed E-state index contributed by atoms with van der Waals surface area (Å²) >= 11 is 0. The quantitative estimate of drug-likeness (QED) is 0.509. The topological polar surface area (TPSA) is 104 Å². The molecule has 0 aliphatic heterocycles. The van der Waals surface area contributed by atoms with E-state index in [1.165, 1.54) is 6.21 Å². The summed E-state index contributed by atoms with van der Waals surface area (Å²) in [5, 5.41) is 15.6. The summed E-state index contributed by atoms with van der Waals surface area (Å²) in [6.07, 6.45) is 2.20. The van der Waals surface area contributed by atoms with Crippen LogP contribution in [0.2, 0.25) is 0 Å². The van der Waals surface area contributed by atoms with Crippen LogP contribution in [0.25, 0.3) is 0 Å². The normalized spacial score (nSPS) is 8.87. The Morgan fingerprint density at radius 2 is 1.80 bits per heavy atom. The van der Waals surface area contributed by atoms with Crippen molar-refractivity contribution in [1.82, 2.24) is 0 Å². The van der Waals surface area contributed by atoms with Crippen molar-refractivity contribution in [3.8, 4) is 0 Å². The van der Waals surface area contributed by atoms with Crippen LogP contribution in [-0.2, 0) is 14.4 Å². The second kappa shape index (κ2) is 10.1. The molecule has 0 saturated carbocycles. The van der Waals surface area contributed by atoms with Crippen LogP contribution in [0.3, 0.4) is 0 Å². The number of carboxylic acid groups (broad SMARTS) is 2.